The van der Waals surface area contributed by atoms with E-state index in [1.54, 1.807) is 27.8 Å². The van der Waals surface area contributed by atoms with Crippen LogP contribution >= 0.6 is 0 Å². The molecule has 0 aliphatic carbocycles. The highest BCUT2D eigenvalue weighted by Crippen LogP contribution is 2.11. The molecule has 0 spiro atoms. The van der Waals surface area contributed by atoms with Gasteiger partial charge >= 0.3 is 5.97 Å². The average Bonchev–Trinajstić information content (AvgIpc) is 2.62. The number of nitrogens with zero attached hydrogens (tertiary/aromatic N) is 2. The maximum absolute atomic E-state index is 11.6. The Morgan fingerprint density at radius 3 is 2.62 bits per heavy atom. The lowest BCUT2D eigenvalue weighted by Gasteiger charge is -2.17. The minimum atomic E-state index is -0.535. The summed E-state index contributed by atoms with van der Waals surface area (Å²) in [4.78, 5) is 15.7. The first kappa shape index (κ1) is 12.6. The Morgan fingerprint density at radius 2 is 2.12 bits per heavy atom. The number of aromatic nitrogens is 3. The largest absolute Gasteiger partial charge is 0.454 e. The van der Waals surface area contributed by atoms with Crippen LogP contribution in [0.15, 0.2) is 0 Å². The molecule has 6 nitrogen and oxygen atoms in total. The lowest BCUT2D eigenvalue weighted by atomic mass is 10.2. The number of nitrogens with one attached hydrogen (secondary N) is 2. The van der Waals surface area contributed by atoms with E-state index in [-0.39, 0.29) is 11.9 Å². The molecule has 0 aliphatic rings. The Balaban J connectivity index is 2.75. The molecule has 1 aromatic rings. The van der Waals surface area contributed by atoms with Crippen molar-refractivity contribution in [2.45, 2.75) is 39.3 Å². The molecule has 1 rings (SSSR count). The van der Waals surface area contributed by atoms with Crippen molar-refractivity contribution in [3.8, 4) is 0 Å². The van der Waals surface area contributed by atoms with Crippen molar-refractivity contribution in [1.29, 1.82) is 0 Å². The van der Waals surface area contributed by atoms with Crippen LogP contribution in [0.25, 0.3) is 0 Å². The zero-order chi connectivity index (χ0) is 12.3. The van der Waals surface area contributed by atoms with Gasteiger partial charge < -0.3 is 10.1 Å². The van der Waals surface area contributed by atoms with E-state index in [4.69, 9.17) is 4.74 Å². The number of esters is 1. The van der Waals surface area contributed by atoms with Gasteiger partial charge in [-0.3, -0.25) is 5.10 Å². The minimum absolute atomic E-state index is 0.0173. The summed E-state index contributed by atoms with van der Waals surface area (Å²) in [7, 11) is 1.81. The third-order valence-electron chi connectivity index (χ3n) is 1.93. The summed E-state index contributed by atoms with van der Waals surface area (Å²) in [6, 6.07) is 0.0173. The molecule has 1 heterocycles. The molecule has 2 N–H and O–H groups in total. The minimum Gasteiger partial charge on any atom is -0.454 e. The average molecular weight is 226 g/mol. The summed E-state index contributed by atoms with van der Waals surface area (Å²) in [6.07, 6.45) is 0. The van der Waals surface area contributed by atoms with Gasteiger partial charge in [-0.1, -0.05) is 0 Å². The van der Waals surface area contributed by atoms with Crippen molar-refractivity contribution >= 4 is 5.97 Å². The monoisotopic (exact) mass is 226 g/mol. The van der Waals surface area contributed by atoms with Crippen LogP contribution < -0.4 is 5.32 Å². The SMILES string of the molecule is CNC(C)c1nc(C(=O)OC(C)(C)C)n[nH]1. The number of rotatable bonds is 3. The van der Waals surface area contributed by atoms with Crippen molar-refractivity contribution < 1.29 is 9.53 Å². The molecule has 0 fully saturated rings. The van der Waals surface area contributed by atoms with E-state index in [1.165, 1.54) is 0 Å². The van der Waals surface area contributed by atoms with Crippen LogP contribution in [0.1, 0.15) is 50.2 Å². The van der Waals surface area contributed by atoms with Crippen molar-refractivity contribution in [1.82, 2.24) is 20.5 Å². The Labute approximate surface area is 94.8 Å². The quantitative estimate of drug-likeness (QED) is 0.753. The molecule has 0 bridgehead atoms. The molecule has 1 unspecified atom stereocenters. The molecule has 16 heavy (non-hydrogen) atoms. The summed E-state index contributed by atoms with van der Waals surface area (Å²) in [6.45, 7) is 7.32. The number of carbonyl (C=O) groups excluding carboxylic acids is 1. The molecule has 0 saturated carbocycles. The van der Waals surface area contributed by atoms with Crippen LogP contribution in [0.5, 0.6) is 0 Å². The molecule has 6 heteroatoms. The highest BCUT2D eigenvalue weighted by Gasteiger charge is 2.22. The van der Waals surface area contributed by atoms with Crippen LogP contribution in [-0.4, -0.2) is 33.8 Å². The topological polar surface area (TPSA) is 79.9 Å². The zero-order valence-corrected chi connectivity index (χ0v) is 10.3. The lowest BCUT2D eigenvalue weighted by Crippen LogP contribution is -2.24. The first-order valence-electron chi connectivity index (χ1n) is 5.16. The van der Waals surface area contributed by atoms with Crippen LogP contribution in [-0.2, 0) is 4.74 Å². The number of carbonyl (C=O) groups is 1. The standard InChI is InChI=1S/C10H18N4O2/c1-6(11-5)7-12-8(14-13-7)9(15)16-10(2,3)4/h6,11H,1-5H3,(H,12,13,14). The Morgan fingerprint density at radius 1 is 1.50 bits per heavy atom. The van der Waals surface area contributed by atoms with E-state index in [0.29, 0.717) is 5.82 Å². The molecule has 0 saturated heterocycles. The summed E-state index contributed by atoms with van der Waals surface area (Å²) in [5, 5.41) is 9.51. The Hall–Kier alpha value is -1.43. The van der Waals surface area contributed by atoms with Gasteiger partial charge in [0.15, 0.2) is 0 Å². The van der Waals surface area contributed by atoms with Gasteiger partial charge in [-0.05, 0) is 34.7 Å². The zero-order valence-electron chi connectivity index (χ0n) is 10.3. The van der Waals surface area contributed by atoms with Gasteiger partial charge in [-0.2, -0.15) is 0 Å². The second-order valence-electron chi connectivity index (χ2n) is 4.56. The van der Waals surface area contributed by atoms with E-state index in [9.17, 15) is 4.79 Å². The third-order valence-corrected chi connectivity index (χ3v) is 1.93. The normalized spacial score (nSPS) is 13.6. The molecule has 1 aromatic heterocycles. The molecule has 90 valence electrons. The van der Waals surface area contributed by atoms with Gasteiger partial charge in [-0.15, -0.1) is 5.10 Å². The number of H-pyrrole nitrogens is 1. The first-order valence-corrected chi connectivity index (χ1v) is 5.16. The summed E-state index contributed by atoms with van der Waals surface area (Å²) >= 11 is 0. The summed E-state index contributed by atoms with van der Waals surface area (Å²) < 4.78 is 5.15. The van der Waals surface area contributed by atoms with Gasteiger partial charge in [0.25, 0.3) is 5.82 Å². The van der Waals surface area contributed by atoms with Crippen molar-refractivity contribution in [3.63, 3.8) is 0 Å². The molecule has 0 amide bonds. The third kappa shape index (κ3) is 3.30. The number of hydrogen-bond donors (Lipinski definition) is 2. The van der Waals surface area contributed by atoms with Crippen LogP contribution in [0, 0.1) is 0 Å². The Kier molecular flexibility index (Phi) is 3.64. The van der Waals surface area contributed by atoms with Gasteiger partial charge in [-0.25, -0.2) is 9.78 Å². The maximum Gasteiger partial charge on any atom is 0.378 e. The molecule has 1 atom stereocenters. The number of ether oxygens (including phenoxy) is 1. The second kappa shape index (κ2) is 4.61. The number of aromatic amines is 1. The van der Waals surface area contributed by atoms with Gasteiger partial charge in [0, 0.05) is 0 Å². The molecular formula is C10H18N4O2. The van der Waals surface area contributed by atoms with E-state index < -0.39 is 11.6 Å². The highest BCUT2D eigenvalue weighted by molar-refractivity contribution is 5.85. The van der Waals surface area contributed by atoms with Gasteiger partial charge in [0.05, 0.1) is 6.04 Å². The van der Waals surface area contributed by atoms with Crippen molar-refractivity contribution in [2.24, 2.45) is 0 Å². The van der Waals surface area contributed by atoms with Crippen molar-refractivity contribution in [3.05, 3.63) is 11.6 Å². The van der Waals surface area contributed by atoms with Crippen LogP contribution in [0.2, 0.25) is 0 Å². The highest BCUT2D eigenvalue weighted by atomic mass is 16.6. The van der Waals surface area contributed by atoms with Crippen LogP contribution in [0.3, 0.4) is 0 Å². The predicted octanol–water partition coefficient (Wildman–Crippen LogP) is 1.04. The fraction of sp³-hybridized carbons (Fsp3) is 0.700. The summed E-state index contributed by atoms with van der Waals surface area (Å²) in [5.41, 5.74) is -0.535. The molecule has 0 aromatic carbocycles. The van der Waals surface area contributed by atoms with E-state index in [1.807, 2.05) is 6.92 Å². The lowest BCUT2D eigenvalue weighted by molar-refractivity contribution is 0.00560. The fourth-order valence-electron chi connectivity index (χ4n) is 1.02. The molecular weight excluding hydrogens is 208 g/mol. The van der Waals surface area contributed by atoms with E-state index in [0.717, 1.165) is 0 Å². The Bertz CT molecular complexity index is 367. The van der Waals surface area contributed by atoms with E-state index >= 15 is 0 Å². The smallest absolute Gasteiger partial charge is 0.378 e. The summed E-state index contributed by atoms with van der Waals surface area (Å²) in [5.74, 6) is 0.161. The van der Waals surface area contributed by atoms with Gasteiger partial charge in [0.2, 0.25) is 0 Å². The number of hydrogen-bond acceptors (Lipinski definition) is 5. The van der Waals surface area contributed by atoms with E-state index in [2.05, 4.69) is 20.5 Å². The molecule has 0 radical (unpaired) electrons. The van der Waals surface area contributed by atoms with Crippen molar-refractivity contribution in [2.75, 3.05) is 7.05 Å². The predicted molar refractivity (Wildman–Crippen MR) is 59.0 cm³/mol. The fourth-order valence-corrected chi connectivity index (χ4v) is 1.02. The molecule has 0 aliphatic heterocycles. The first-order chi connectivity index (χ1) is 7.33. The van der Waals surface area contributed by atoms with Gasteiger partial charge in [0.1, 0.15) is 11.4 Å². The van der Waals surface area contributed by atoms with Crippen LogP contribution in [0.4, 0.5) is 0 Å². The maximum atomic E-state index is 11.6. The second-order valence-corrected chi connectivity index (χ2v) is 4.56.